The summed E-state index contributed by atoms with van der Waals surface area (Å²) in [6.45, 7) is 0. The summed E-state index contributed by atoms with van der Waals surface area (Å²) in [4.78, 5) is 18.8. The van der Waals surface area contributed by atoms with E-state index < -0.39 is 0 Å². The van der Waals surface area contributed by atoms with Crippen LogP contribution in [0.4, 0.5) is 0 Å². The van der Waals surface area contributed by atoms with Crippen LogP contribution in [0.2, 0.25) is 0 Å². The number of aromatic nitrogens is 4. The second-order valence-electron chi connectivity index (χ2n) is 12.3. The van der Waals surface area contributed by atoms with Gasteiger partial charge in [-0.15, -0.1) is 0 Å². The number of benzene rings is 6. The fourth-order valence-electron chi connectivity index (χ4n) is 6.93. The van der Waals surface area contributed by atoms with Gasteiger partial charge in [-0.2, -0.15) is 0 Å². The predicted molar refractivity (Wildman–Crippen MR) is 205 cm³/mol. The van der Waals surface area contributed by atoms with Gasteiger partial charge in [0.25, 0.3) is 0 Å². The average molecular weight is 639 g/mol. The van der Waals surface area contributed by atoms with E-state index in [4.69, 9.17) is 9.97 Å². The average Bonchev–Trinajstić information content (AvgIpc) is 3.21. The van der Waals surface area contributed by atoms with Crippen molar-refractivity contribution in [2.75, 3.05) is 0 Å². The summed E-state index contributed by atoms with van der Waals surface area (Å²) >= 11 is 0. The number of hydrogen-bond donors (Lipinski definition) is 0. The van der Waals surface area contributed by atoms with E-state index in [0.717, 1.165) is 44.8 Å². The highest BCUT2D eigenvalue weighted by molar-refractivity contribution is 6.21. The van der Waals surface area contributed by atoms with Crippen molar-refractivity contribution in [2.45, 2.75) is 0 Å². The Morgan fingerprint density at radius 1 is 0.300 bits per heavy atom. The summed E-state index contributed by atoms with van der Waals surface area (Å²) in [6.07, 6.45) is 7.26. The third-order valence-electron chi connectivity index (χ3n) is 9.28. The van der Waals surface area contributed by atoms with Gasteiger partial charge in [-0.25, -0.2) is 9.97 Å². The summed E-state index contributed by atoms with van der Waals surface area (Å²) in [7, 11) is 0. The first-order valence-corrected chi connectivity index (χ1v) is 16.7. The topological polar surface area (TPSA) is 51.6 Å². The van der Waals surface area contributed by atoms with Crippen molar-refractivity contribution in [1.29, 1.82) is 0 Å². The molecule has 0 unspecified atom stereocenters. The lowest BCUT2D eigenvalue weighted by atomic mass is 9.85. The minimum absolute atomic E-state index is 0.663. The molecule has 3 aromatic heterocycles. The molecule has 0 fully saturated rings. The van der Waals surface area contributed by atoms with E-state index in [1.54, 1.807) is 6.20 Å². The summed E-state index contributed by atoms with van der Waals surface area (Å²) in [6, 6.07) is 55.4. The number of nitrogens with zero attached hydrogens (tertiary/aromatic N) is 4. The van der Waals surface area contributed by atoms with Gasteiger partial charge in [0.1, 0.15) is 0 Å². The minimum Gasteiger partial charge on any atom is -0.265 e. The molecule has 0 atom stereocenters. The third-order valence-corrected chi connectivity index (χ3v) is 9.28. The van der Waals surface area contributed by atoms with Gasteiger partial charge in [-0.1, -0.05) is 121 Å². The molecule has 4 heteroatoms. The first-order valence-electron chi connectivity index (χ1n) is 16.7. The molecule has 0 aliphatic rings. The van der Waals surface area contributed by atoms with Gasteiger partial charge in [0.05, 0.1) is 11.4 Å². The van der Waals surface area contributed by atoms with E-state index in [1.165, 1.54) is 38.2 Å². The molecule has 6 aromatic carbocycles. The SMILES string of the molecule is c1ccc(-c2c3ccccc3c(-c3cccc(-c4cc(-c5cccnc5)nc(-c5ccc(-c6ccncc6)cc5)n4)c3)c3ccccc23)cc1. The van der Waals surface area contributed by atoms with Gasteiger partial charge in [-0.3, -0.25) is 9.97 Å². The van der Waals surface area contributed by atoms with E-state index >= 15 is 0 Å². The molecule has 234 valence electrons. The molecule has 9 aromatic rings. The lowest BCUT2D eigenvalue weighted by Gasteiger charge is -2.18. The van der Waals surface area contributed by atoms with Gasteiger partial charge >= 0.3 is 0 Å². The fraction of sp³-hybridized carbons (Fsp3) is 0. The van der Waals surface area contributed by atoms with Gasteiger partial charge in [0.15, 0.2) is 5.82 Å². The van der Waals surface area contributed by atoms with Crippen LogP contribution >= 0.6 is 0 Å². The maximum absolute atomic E-state index is 5.17. The summed E-state index contributed by atoms with van der Waals surface area (Å²) in [5.74, 6) is 0.663. The van der Waals surface area contributed by atoms with Crippen LogP contribution in [0, 0.1) is 0 Å². The monoisotopic (exact) mass is 638 g/mol. The fourth-order valence-corrected chi connectivity index (χ4v) is 6.93. The van der Waals surface area contributed by atoms with Crippen LogP contribution < -0.4 is 0 Å². The molecule has 0 saturated heterocycles. The molecule has 0 N–H and O–H groups in total. The van der Waals surface area contributed by atoms with Crippen LogP contribution in [-0.2, 0) is 0 Å². The highest BCUT2D eigenvalue weighted by atomic mass is 14.9. The quantitative estimate of drug-likeness (QED) is 0.170. The van der Waals surface area contributed by atoms with Gasteiger partial charge in [0, 0.05) is 41.5 Å². The Balaban J connectivity index is 1.22. The largest absolute Gasteiger partial charge is 0.265 e. The molecule has 9 rings (SSSR count). The Bertz CT molecular complexity index is 2560. The molecule has 0 saturated carbocycles. The molecule has 0 spiro atoms. The summed E-state index contributed by atoms with van der Waals surface area (Å²) in [5, 5.41) is 4.90. The van der Waals surface area contributed by atoms with Crippen LogP contribution in [0.3, 0.4) is 0 Å². The normalized spacial score (nSPS) is 11.2. The lowest BCUT2D eigenvalue weighted by molar-refractivity contribution is 1.18. The molecule has 0 aliphatic heterocycles. The van der Waals surface area contributed by atoms with Crippen molar-refractivity contribution in [3.63, 3.8) is 0 Å². The number of hydrogen-bond acceptors (Lipinski definition) is 4. The Morgan fingerprint density at radius 3 is 1.46 bits per heavy atom. The van der Waals surface area contributed by atoms with Gasteiger partial charge < -0.3 is 0 Å². The van der Waals surface area contributed by atoms with Crippen molar-refractivity contribution in [3.8, 4) is 67.3 Å². The summed E-state index contributed by atoms with van der Waals surface area (Å²) < 4.78 is 0. The van der Waals surface area contributed by atoms with Crippen LogP contribution in [0.1, 0.15) is 0 Å². The standard InChI is InChI=1S/C46H30N4/c1-2-10-33(11-3-1)44-38-15-4-6-17-40(38)45(41-18-7-5-16-39(41)44)36-13-8-12-35(28-36)42-29-43(37-14-9-25-48-30-37)50-46(49-42)34-21-19-31(20-22-34)32-23-26-47-27-24-32/h1-30H. The van der Waals surface area contributed by atoms with Crippen molar-refractivity contribution < 1.29 is 0 Å². The Labute approximate surface area is 290 Å². The smallest absolute Gasteiger partial charge is 0.160 e. The van der Waals surface area contributed by atoms with Gasteiger partial charge in [0.2, 0.25) is 0 Å². The van der Waals surface area contributed by atoms with E-state index in [0.29, 0.717) is 5.82 Å². The van der Waals surface area contributed by atoms with Crippen LogP contribution in [-0.4, -0.2) is 19.9 Å². The molecule has 4 nitrogen and oxygen atoms in total. The number of rotatable bonds is 6. The second kappa shape index (κ2) is 12.7. The zero-order valence-electron chi connectivity index (χ0n) is 27.1. The summed E-state index contributed by atoms with van der Waals surface area (Å²) in [5.41, 5.74) is 11.6. The molecular formula is C46H30N4. The maximum atomic E-state index is 5.17. The van der Waals surface area contributed by atoms with Crippen molar-refractivity contribution in [2.24, 2.45) is 0 Å². The first-order chi connectivity index (χ1) is 24.8. The van der Waals surface area contributed by atoms with E-state index in [2.05, 4.69) is 143 Å². The minimum atomic E-state index is 0.663. The highest BCUT2D eigenvalue weighted by Gasteiger charge is 2.18. The molecule has 0 aliphatic carbocycles. The molecule has 0 amide bonds. The Hall–Kier alpha value is -6.78. The molecular weight excluding hydrogens is 609 g/mol. The van der Waals surface area contributed by atoms with Crippen molar-refractivity contribution in [1.82, 2.24) is 19.9 Å². The second-order valence-corrected chi connectivity index (χ2v) is 12.3. The predicted octanol–water partition coefficient (Wildman–Crippen LogP) is 11.6. The van der Waals surface area contributed by atoms with E-state index in [-0.39, 0.29) is 0 Å². The van der Waals surface area contributed by atoms with E-state index in [9.17, 15) is 0 Å². The molecule has 0 radical (unpaired) electrons. The van der Waals surface area contributed by atoms with Crippen LogP contribution in [0.5, 0.6) is 0 Å². The lowest BCUT2D eigenvalue weighted by Crippen LogP contribution is -1.96. The molecule has 3 heterocycles. The maximum Gasteiger partial charge on any atom is 0.160 e. The Morgan fingerprint density at radius 2 is 0.820 bits per heavy atom. The molecule has 0 bridgehead atoms. The van der Waals surface area contributed by atoms with Crippen molar-refractivity contribution >= 4 is 21.5 Å². The van der Waals surface area contributed by atoms with E-state index in [1.807, 2.05) is 42.9 Å². The highest BCUT2D eigenvalue weighted by Crippen LogP contribution is 2.44. The van der Waals surface area contributed by atoms with Crippen LogP contribution in [0.25, 0.3) is 88.8 Å². The van der Waals surface area contributed by atoms with Crippen LogP contribution in [0.15, 0.2) is 183 Å². The Kier molecular flexibility index (Phi) is 7.45. The zero-order chi connectivity index (χ0) is 33.3. The molecule has 50 heavy (non-hydrogen) atoms. The zero-order valence-corrected chi connectivity index (χ0v) is 27.1. The van der Waals surface area contributed by atoms with Gasteiger partial charge in [-0.05, 0) is 91.3 Å². The number of fused-ring (bicyclic) bond motifs is 2. The third kappa shape index (κ3) is 5.39. The van der Waals surface area contributed by atoms with Crippen molar-refractivity contribution in [3.05, 3.63) is 183 Å². The number of pyridine rings is 2. The first kappa shape index (κ1) is 29.4.